The highest BCUT2D eigenvalue weighted by Gasteiger charge is 2.31. The molecule has 140 valence electrons. The molecule has 0 bridgehead atoms. The Labute approximate surface area is 152 Å². The summed E-state index contributed by atoms with van der Waals surface area (Å²) in [6, 6.07) is 11.3. The van der Waals surface area contributed by atoms with E-state index >= 15 is 0 Å². The van der Waals surface area contributed by atoms with Gasteiger partial charge in [-0.2, -0.15) is 0 Å². The van der Waals surface area contributed by atoms with Gasteiger partial charge in [-0.1, -0.05) is 18.2 Å². The molecule has 0 radical (unpaired) electrons. The molecule has 0 unspecified atom stereocenters. The molecule has 0 aromatic heterocycles. The Hall–Kier alpha value is -2.29. The number of nitrogens with one attached hydrogen (secondary N) is 1. The maximum atomic E-state index is 14.1. The van der Waals surface area contributed by atoms with E-state index in [9.17, 15) is 17.6 Å². The Balaban J connectivity index is 2.21. The molecule has 0 aliphatic rings. The molecule has 1 atom stereocenters. The summed E-state index contributed by atoms with van der Waals surface area (Å²) in [5.41, 5.74) is -0.713. The lowest BCUT2D eigenvalue weighted by atomic mass is 9.95. The van der Waals surface area contributed by atoms with Gasteiger partial charge in [0.25, 0.3) is 0 Å². The SMILES string of the molecule is COC(=O)c1ccc(S(=O)(=O)NC[C@@](C)(OC)c2ccccc2F)cc1. The monoisotopic (exact) mass is 381 g/mol. The minimum Gasteiger partial charge on any atom is -0.465 e. The van der Waals surface area contributed by atoms with Gasteiger partial charge in [0.1, 0.15) is 11.4 Å². The van der Waals surface area contributed by atoms with Crippen LogP contribution in [0.25, 0.3) is 0 Å². The largest absolute Gasteiger partial charge is 0.465 e. The molecule has 8 heteroatoms. The van der Waals surface area contributed by atoms with Crippen molar-refractivity contribution in [2.45, 2.75) is 17.4 Å². The number of benzene rings is 2. The zero-order chi connectivity index (χ0) is 19.4. The smallest absolute Gasteiger partial charge is 0.337 e. The third-order valence-electron chi connectivity index (χ3n) is 4.08. The summed E-state index contributed by atoms with van der Waals surface area (Å²) in [5, 5.41) is 0. The summed E-state index contributed by atoms with van der Waals surface area (Å²) in [5.74, 6) is -1.05. The van der Waals surface area contributed by atoms with Gasteiger partial charge >= 0.3 is 5.97 Å². The maximum Gasteiger partial charge on any atom is 0.337 e. The number of rotatable bonds is 7. The van der Waals surface area contributed by atoms with Gasteiger partial charge in [-0.3, -0.25) is 0 Å². The minimum atomic E-state index is -3.88. The fourth-order valence-corrected chi connectivity index (χ4v) is 3.50. The van der Waals surface area contributed by atoms with Crippen molar-refractivity contribution in [2.75, 3.05) is 20.8 Å². The topological polar surface area (TPSA) is 81.7 Å². The second-order valence-corrected chi connectivity index (χ2v) is 7.52. The summed E-state index contributed by atoms with van der Waals surface area (Å²) in [6.45, 7) is 1.42. The first-order valence-corrected chi connectivity index (χ1v) is 9.20. The number of hydrogen-bond donors (Lipinski definition) is 1. The second kappa shape index (κ2) is 7.94. The van der Waals surface area contributed by atoms with E-state index in [0.29, 0.717) is 0 Å². The van der Waals surface area contributed by atoms with Crippen molar-refractivity contribution < 1.29 is 27.1 Å². The molecule has 0 saturated heterocycles. The van der Waals surface area contributed by atoms with E-state index in [4.69, 9.17) is 4.74 Å². The lowest BCUT2D eigenvalue weighted by molar-refractivity contribution is 0.00410. The molecule has 0 saturated carbocycles. The third-order valence-corrected chi connectivity index (χ3v) is 5.50. The fraction of sp³-hybridized carbons (Fsp3) is 0.278. The second-order valence-electron chi connectivity index (χ2n) is 5.76. The molecular weight excluding hydrogens is 361 g/mol. The number of esters is 1. The van der Waals surface area contributed by atoms with Crippen molar-refractivity contribution in [1.82, 2.24) is 4.72 Å². The average Bonchev–Trinajstić information content (AvgIpc) is 2.66. The summed E-state index contributed by atoms with van der Waals surface area (Å²) in [6.07, 6.45) is 0. The van der Waals surface area contributed by atoms with Crippen LogP contribution in [0, 0.1) is 5.82 Å². The quantitative estimate of drug-likeness (QED) is 0.745. The number of ether oxygens (including phenoxy) is 2. The van der Waals surface area contributed by atoms with Crippen LogP contribution >= 0.6 is 0 Å². The molecule has 1 N–H and O–H groups in total. The lowest BCUT2D eigenvalue weighted by Crippen LogP contribution is -2.40. The molecule has 6 nitrogen and oxygen atoms in total. The van der Waals surface area contributed by atoms with Gasteiger partial charge < -0.3 is 9.47 Å². The average molecular weight is 381 g/mol. The van der Waals surface area contributed by atoms with Gasteiger partial charge in [-0.25, -0.2) is 22.3 Å². The van der Waals surface area contributed by atoms with Gasteiger partial charge in [0.15, 0.2) is 0 Å². The van der Waals surface area contributed by atoms with Crippen molar-refractivity contribution >= 4 is 16.0 Å². The van der Waals surface area contributed by atoms with E-state index in [2.05, 4.69) is 9.46 Å². The molecule has 2 rings (SSSR count). The number of sulfonamides is 1. The molecular formula is C18H20FNO5S. The Morgan fingerprint density at radius 3 is 2.27 bits per heavy atom. The van der Waals surface area contributed by atoms with Crippen molar-refractivity contribution in [3.63, 3.8) is 0 Å². The molecule has 0 fully saturated rings. The summed E-state index contributed by atoms with van der Waals surface area (Å²) < 4.78 is 51.4. The fourth-order valence-electron chi connectivity index (χ4n) is 2.37. The van der Waals surface area contributed by atoms with E-state index in [-0.39, 0.29) is 22.6 Å². The molecule has 2 aromatic carbocycles. The number of hydrogen-bond acceptors (Lipinski definition) is 5. The van der Waals surface area contributed by atoms with Crippen LogP contribution < -0.4 is 4.72 Å². The number of carbonyl (C=O) groups is 1. The molecule has 2 aromatic rings. The first-order chi connectivity index (χ1) is 12.2. The van der Waals surface area contributed by atoms with E-state index in [1.165, 1.54) is 50.6 Å². The first kappa shape index (κ1) is 20.0. The highest BCUT2D eigenvalue weighted by Crippen LogP contribution is 2.27. The normalized spacial score (nSPS) is 13.8. The number of methoxy groups -OCH3 is 2. The minimum absolute atomic E-state index is 0.0304. The molecule has 0 heterocycles. The van der Waals surface area contributed by atoms with Crippen LogP contribution in [0.15, 0.2) is 53.4 Å². The molecule has 0 spiro atoms. The van der Waals surface area contributed by atoms with Gasteiger partial charge in [0.2, 0.25) is 10.0 Å². The number of carbonyl (C=O) groups excluding carboxylic acids is 1. The van der Waals surface area contributed by atoms with Crippen molar-refractivity contribution in [3.05, 3.63) is 65.5 Å². The van der Waals surface area contributed by atoms with Crippen LogP contribution in [0.4, 0.5) is 4.39 Å². The van der Waals surface area contributed by atoms with E-state index in [1.54, 1.807) is 19.1 Å². The van der Waals surface area contributed by atoms with Gasteiger partial charge in [-0.05, 0) is 37.3 Å². The van der Waals surface area contributed by atoms with Crippen LogP contribution in [0.2, 0.25) is 0 Å². The summed E-state index contributed by atoms with van der Waals surface area (Å²) in [4.78, 5) is 11.4. The Kier molecular flexibility index (Phi) is 6.12. The van der Waals surface area contributed by atoms with Crippen molar-refractivity contribution in [3.8, 4) is 0 Å². The Morgan fingerprint density at radius 1 is 1.12 bits per heavy atom. The highest BCUT2D eigenvalue weighted by atomic mass is 32.2. The van der Waals surface area contributed by atoms with Gasteiger partial charge in [0.05, 0.1) is 17.6 Å². The van der Waals surface area contributed by atoms with E-state index in [0.717, 1.165) is 0 Å². The number of halogens is 1. The Morgan fingerprint density at radius 2 is 1.73 bits per heavy atom. The molecule has 0 aliphatic carbocycles. The molecule has 26 heavy (non-hydrogen) atoms. The summed E-state index contributed by atoms with van der Waals surface area (Å²) in [7, 11) is -1.26. The van der Waals surface area contributed by atoms with Gasteiger partial charge in [0, 0.05) is 19.2 Å². The van der Waals surface area contributed by atoms with Crippen molar-refractivity contribution in [1.29, 1.82) is 0 Å². The zero-order valence-corrected chi connectivity index (χ0v) is 15.5. The Bertz CT molecular complexity index is 883. The van der Waals surface area contributed by atoms with Crippen LogP contribution in [0.5, 0.6) is 0 Å². The van der Waals surface area contributed by atoms with Gasteiger partial charge in [-0.15, -0.1) is 0 Å². The third kappa shape index (κ3) is 4.27. The van der Waals surface area contributed by atoms with Crippen LogP contribution in [-0.2, 0) is 25.1 Å². The van der Waals surface area contributed by atoms with Crippen LogP contribution in [0.3, 0.4) is 0 Å². The maximum absolute atomic E-state index is 14.1. The first-order valence-electron chi connectivity index (χ1n) is 7.72. The summed E-state index contributed by atoms with van der Waals surface area (Å²) >= 11 is 0. The zero-order valence-electron chi connectivity index (χ0n) is 14.7. The van der Waals surface area contributed by atoms with Crippen molar-refractivity contribution in [2.24, 2.45) is 0 Å². The lowest BCUT2D eigenvalue weighted by Gasteiger charge is -2.29. The highest BCUT2D eigenvalue weighted by molar-refractivity contribution is 7.89. The predicted molar refractivity (Wildman–Crippen MR) is 93.7 cm³/mol. The van der Waals surface area contributed by atoms with Crippen LogP contribution in [-0.4, -0.2) is 35.2 Å². The standard InChI is InChI=1S/C18H20FNO5S/c1-18(25-3,15-6-4-5-7-16(15)19)12-20-26(22,23)14-10-8-13(9-11-14)17(21)24-2/h4-11,20H,12H2,1-3H3/t18-/m1/s1. The molecule has 0 amide bonds. The predicted octanol–water partition coefficient (Wildman–Crippen LogP) is 2.45. The van der Waals surface area contributed by atoms with E-state index in [1.807, 2.05) is 0 Å². The van der Waals surface area contributed by atoms with E-state index < -0.39 is 27.4 Å². The van der Waals surface area contributed by atoms with Crippen LogP contribution in [0.1, 0.15) is 22.8 Å². The molecule has 0 aliphatic heterocycles.